The van der Waals surface area contributed by atoms with Gasteiger partial charge in [-0.05, 0) is 17.7 Å². The van der Waals surface area contributed by atoms with E-state index in [1.165, 1.54) is 0 Å². The average Bonchev–Trinajstić information content (AvgIpc) is 2.15. The summed E-state index contributed by atoms with van der Waals surface area (Å²) < 4.78 is 0. The van der Waals surface area contributed by atoms with Crippen LogP contribution in [0.25, 0.3) is 5.70 Å². The molecule has 0 amide bonds. The summed E-state index contributed by atoms with van der Waals surface area (Å²) in [6.07, 6.45) is 0. The monoisotopic (exact) mass is 196 g/mol. The van der Waals surface area contributed by atoms with E-state index in [0.717, 1.165) is 22.8 Å². The van der Waals surface area contributed by atoms with Crippen molar-refractivity contribution in [1.29, 1.82) is 0 Å². The maximum Gasteiger partial charge on any atom is 0.0406 e. The van der Waals surface area contributed by atoms with Crippen molar-refractivity contribution < 1.29 is 0 Å². The number of benzene rings is 1. The van der Waals surface area contributed by atoms with Crippen LogP contribution in [0.15, 0.2) is 30.8 Å². The molecule has 2 nitrogen and oxygen atoms in total. The zero-order valence-electron chi connectivity index (χ0n) is 7.39. The van der Waals surface area contributed by atoms with E-state index < -0.39 is 0 Å². The van der Waals surface area contributed by atoms with Crippen molar-refractivity contribution in [3.63, 3.8) is 0 Å². The molecule has 0 bridgehead atoms. The van der Waals surface area contributed by atoms with Gasteiger partial charge in [-0.1, -0.05) is 30.3 Å². The summed E-state index contributed by atoms with van der Waals surface area (Å²) in [5.41, 5.74) is 7.27. The Bertz CT molecular complexity index is 279. The predicted octanol–water partition coefficient (Wildman–Crippen LogP) is 1.86. The molecule has 0 unspecified atom stereocenters. The van der Waals surface area contributed by atoms with Gasteiger partial charge in [0.1, 0.15) is 0 Å². The Morgan fingerprint density at radius 2 is 2.00 bits per heavy atom. The predicted molar refractivity (Wildman–Crippen MR) is 57.5 cm³/mol. The van der Waals surface area contributed by atoms with Gasteiger partial charge in [0.15, 0.2) is 0 Å². The molecule has 0 saturated carbocycles. The Balaban J connectivity index is 2.61. The fraction of sp³-hybridized carbons (Fsp3) is 0.200. The fourth-order valence-electron chi connectivity index (χ4n) is 0.976. The van der Waals surface area contributed by atoms with Gasteiger partial charge in [0.2, 0.25) is 0 Å². The second-order valence-corrected chi connectivity index (χ2v) is 3.14. The van der Waals surface area contributed by atoms with E-state index in [2.05, 4.69) is 11.9 Å². The highest BCUT2D eigenvalue weighted by molar-refractivity contribution is 6.30. The molecule has 0 atom stereocenters. The Morgan fingerprint density at radius 1 is 1.38 bits per heavy atom. The number of hydrogen-bond donors (Lipinski definition) is 2. The number of halogens is 1. The van der Waals surface area contributed by atoms with E-state index in [1.54, 1.807) is 0 Å². The van der Waals surface area contributed by atoms with Gasteiger partial charge in [-0.25, -0.2) is 0 Å². The molecule has 0 aliphatic carbocycles. The van der Waals surface area contributed by atoms with Gasteiger partial charge >= 0.3 is 0 Å². The van der Waals surface area contributed by atoms with Crippen LogP contribution in [0, 0.1) is 0 Å². The normalized spacial score (nSPS) is 9.69. The van der Waals surface area contributed by atoms with E-state index in [0.29, 0.717) is 6.54 Å². The number of hydrogen-bond acceptors (Lipinski definition) is 2. The maximum absolute atomic E-state index is 5.75. The van der Waals surface area contributed by atoms with Crippen LogP contribution in [-0.2, 0) is 0 Å². The minimum Gasteiger partial charge on any atom is -0.384 e. The van der Waals surface area contributed by atoms with Crippen molar-refractivity contribution >= 4 is 17.3 Å². The highest BCUT2D eigenvalue weighted by Crippen LogP contribution is 2.13. The van der Waals surface area contributed by atoms with Crippen molar-refractivity contribution in [1.82, 2.24) is 5.32 Å². The number of nitrogens with two attached hydrogens (primary N) is 1. The van der Waals surface area contributed by atoms with Crippen LogP contribution in [0.1, 0.15) is 5.56 Å². The molecule has 0 saturated heterocycles. The fourth-order valence-corrected chi connectivity index (χ4v) is 1.10. The third kappa shape index (κ3) is 3.09. The summed E-state index contributed by atoms with van der Waals surface area (Å²) in [6.45, 7) is 5.22. The van der Waals surface area contributed by atoms with Gasteiger partial charge in [0, 0.05) is 23.8 Å². The summed E-state index contributed by atoms with van der Waals surface area (Å²) >= 11 is 5.75. The van der Waals surface area contributed by atoms with Crippen molar-refractivity contribution in [3.8, 4) is 0 Å². The Morgan fingerprint density at radius 3 is 2.54 bits per heavy atom. The van der Waals surface area contributed by atoms with E-state index in [1.807, 2.05) is 24.3 Å². The van der Waals surface area contributed by atoms with Crippen molar-refractivity contribution in [2.45, 2.75) is 0 Å². The van der Waals surface area contributed by atoms with Crippen LogP contribution in [0.5, 0.6) is 0 Å². The first-order valence-corrected chi connectivity index (χ1v) is 4.50. The highest BCUT2D eigenvalue weighted by atomic mass is 35.5. The third-order valence-electron chi connectivity index (χ3n) is 1.68. The second-order valence-electron chi connectivity index (χ2n) is 2.70. The van der Waals surface area contributed by atoms with E-state index in [4.69, 9.17) is 17.3 Å². The summed E-state index contributed by atoms with van der Waals surface area (Å²) in [5.74, 6) is 0. The summed E-state index contributed by atoms with van der Waals surface area (Å²) in [6, 6.07) is 7.53. The van der Waals surface area contributed by atoms with Crippen molar-refractivity contribution in [3.05, 3.63) is 41.4 Å². The van der Waals surface area contributed by atoms with Crippen molar-refractivity contribution in [2.75, 3.05) is 13.1 Å². The van der Waals surface area contributed by atoms with Crippen LogP contribution < -0.4 is 11.1 Å². The molecule has 3 N–H and O–H groups in total. The molecule has 1 aromatic carbocycles. The lowest BCUT2D eigenvalue weighted by Gasteiger charge is -2.07. The smallest absolute Gasteiger partial charge is 0.0406 e. The Hall–Kier alpha value is -0.990. The molecule has 1 aromatic rings. The summed E-state index contributed by atoms with van der Waals surface area (Å²) in [5, 5.41) is 3.84. The van der Waals surface area contributed by atoms with Crippen LogP contribution >= 0.6 is 11.6 Å². The minimum atomic E-state index is 0.604. The zero-order valence-corrected chi connectivity index (χ0v) is 8.14. The average molecular weight is 197 g/mol. The van der Waals surface area contributed by atoms with E-state index in [9.17, 15) is 0 Å². The van der Waals surface area contributed by atoms with Gasteiger partial charge in [0.05, 0.1) is 0 Å². The van der Waals surface area contributed by atoms with Crippen molar-refractivity contribution in [2.24, 2.45) is 5.73 Å². The Labute approximate surface area is 83.4 Å². The molecule has 0 heterocycles. The number of nitrogens with one attached hydrogen (secondary N) is 1. The summed E-state index contributed by atoms with van der Waals surface area (Å²) in [4.78, 5) is 0. The highest BCUT2D eigenvalue weighted by Gasteiger charge is 1.96. The van der Waals surface area contributed by atoms with Gasteiger partial charge in [0.25, 0.3) is 0 Å². The Kier molecular flexibility index (Phi) is 3.80. The lowest BCUT2D eigenvalue weighted by molar-refractivity contribution is 0.859. The first-order valence-electron chi connectivity index (χ1n) is 4.13. The van der Waals surface area contributed by atoms with E-state index in [-0.39, 0.29) is 0 Å². The largest absolute Gasteiger partial charge is 0.384 e. The standard InChI is InChI=1S/C10H13ClN2/c1-8(13-7-6-12)9-2-4-10(11)5-3-9/h2-5,13H,1,6-7,12H2. The van der Waals surface area contributed by atoms with Crippen LogP contribution in [0.4, 0.5) is 0 Å². The molecule has 70 valence electrons. The third-order valence-corrected chi connectivity index (χ3v) is 1.93. The van der Waals surface area contributed by atoms with Gasteiger partial charge in [-0.15, -0.1) is 0 Å². The molecule has 0 aliphatic heterocycles. The molecule has 0 fully saturated rings. The SMILES string of the molecule is C=C(NCCN)c1ccc(Cl)cc1. The second kappa shape index (κ2) is 4.90. The van der Waals surface area contributed by atoms with Gasteiger partial charge < -0.3 is 11.1 Å². The molecule has 0 aromatic heterocycles. The lowest BCUT2D eigenvalue weighted by Crippen LogP contribution is -2.20. The quantitative estimate of drug-likeness (QED) is 0.772. The molecule has 3 heteroatoms. The zero-order chi connectivity index (χ0) is 9.68. The topological polar surface area (TPSA) is 38.0 Å². The van der Waals surface area contributed by atoms with Crippen LogP contribution in [0.3, 0.4) is 0 Å². The molecule has 0 radical (unpaired) electrons. The first kappa shape index (κ1) is 10.1. The summed E-state index contributed by atoms with van der Waals surface area (Å²) in [7, 11) is 0. The molecule has 1 rings (SSSR count). The molecular formula is C10H13ClN2. The van der Waals surface area contributed by atoms with Crippen LogP contribution in [0.2, 0.25) is 5.02 Å². The minimum absolute atomic E-state index is 0.604. The molecular weight excluding hydrogens is 184 g/mol. The molecule has 0 aliphatic rings. The van der Waals surface area contributed by atoms with E-state index >= 15 is 0 Å². The van der Waals surface area contributed by atoms with Gasteiger partial charge in [-0.3, -0.25) is 0 Å². The molecule has 0 spiro atoms. The molecule has 13 heavy (non-hydrogen) atoms. The lowest BCUT2D eigenvalue weighted by atomic mass is 10.2. The number of rotatable bonds is 4. The first-order chi connectivity index (χ1) is 6.24. The van der Waals surface area contributed by atoms with Gasteiger partial charge in [-0.2, -0.15) is 0 Å². The van der Waals surface area contributed by atoms with Crippen LogP contribution in [-0.4, -0.2) is 13.1 Å². The maximum atomic E-state index is 5.75.